The summed E-state index contributed by atoms with van der Waals surface area (Å²) in [5.41, 5.74) is 5.44. The summed E-state index contributed by atoms with van der Waals surface area (Å²) in [4.78, 5) is 24.5. The zero-order valence-electron chi connectivity index (χ0n) is 17.4. The molecule has 0 saturated heterocycles. The number of benzene rings is 1. The Morgan fingerprint density at radius 2 is 1.83 bits per heavy atom. The van der Waals surface area contributed by atoms with Crippen molar-refractivity contribution in [3.05, 3.63) is 86.2 Å². The van der Waals surface area contributed by atoms with Gasteiger partial charge in [-0.25, -0.2) is 4.21 Å². The highest BCUT2D eigenvalue weighted by atomic mass is 32.2. The van der Waals surface area contributed by atoms with Crippen molar-refractivity contribution in [3.8, 4) is 16.8 Å². The van der Waals surface area contributed by atoms with Crippen LogP contribution in [0, 0.1) is 6.92 Å². The Kier molecular flexibility index (Phi) is 4.86. The molecule has 0 amide bonds. The van der Waals surface area contributed by atoms with Gasteiger partial charge in [-0.3, -0.25) is 9.59 Å². The molecule has 0 N–H and O–H groups in total. The van der Waals surface area contributed by atoms with Crippen LogP contribution in [-0.4, -0.2) is 25.9 Å². The molecule has 30 heavy (non-hydrogen) atoms. The van der Waals surface area contributed by atoms with E-state index in [0.29, 0.717) is 17.7 Å². The third kappa shape index (κ3) is 3.68. The van der Waals surface area contributed by atoms with Gasteiger partial charge in [0, 0.05) is 76.2 Å². The predicted octanol–water partition coefficient (Wildman–Crippen LogP) is 3.44. The van der Waals surface area contributed by atoms with E-state index in [-0.39, 0.29) is 11.0 Å². The molecule has 2 heterocycles. The summed E-state index contributed by atoms with van der Waals surface area (Å²) in [7, 11) is -0.592. The molecule has 3 aromatic rings. The number of nitrogens with zero attached hydrogens (tertiary/aromatic N) is 3. The van der Waals surface area contributed by atoms with Crippen LogP contribution in [0.2, 0.25) is 0 Å². The number of pyridine rings is 2. The van der Waals surface area contributed by atoms with Gasteiger partial charge >= 0.3 is 0 Å². The van der Waals surface area contributed by atoms with E-state index in [1.807, 2.05) is 41.1 Å². The number of hydrogen-bond acceptors (Lipinski definition) is 4. The van der Waals surface area contributed by atoms with Gasteiger partial charge in [0.2, 0.25) is 0 Å². The van der Waals surface area contributed by atoms with Crippen LogP contribution in [0.3, 0.4) is 0 Å². The second kappa shape index (κ2) is 7.25. The van der Waals surface area contributed by atoms with Crippen LogP contribution < -0.4 is 11.0 Å². The van der Waals surface area contributed by atoms with Gasteiger partial charge in [-0.05, 0) is 37.1 Å². The van der Waals surface area contributed by atoms with Crippen LogP contribution >= 0.6 is 0 Å². The molecule has 6 nitrogen and oxygen atoms in total. The summed E-state index contributed by atoms with van der Waals surface area (Å²) >= 11 is 0. The minimum absolute atomic E-state index is 0.00881. The Labute approximate surface area is 175 Å². The second-order valence-corrected chi connectivity index (χ2v) is 10.4. The number of aromatic nitrogens is 2. The van der Waals surface area contributed by atoms with Crippen molar-refractivity contribution >= 4 is 21.5 Å². The van der Waals surface area contributed by atoms with Crippen molar-refractivity contribution in [2.75, 3.05) is 12.5 Å². The fourth-order valence-corrected chi connectivity index (χ4v) is 4.35. The van der Waals surface area contributed by atoms with E-state index < -0.39 is 9.73 Å². The lowest BCUT2D eigenvalue weighted by Crippen LogP contribution is -2.21. The Morgan fingerprint density at radius 3 is 2.53 bits per heavy atom. The lowest BCUT2D eigenvalue weighted by Gasteiger charge is -2.17. The topological polar surface area (TPSA) is 73.4 Å². The molecule has 0 spiro atoms. The van der Waals surface area contributed by atoms with Crippen LogP contribution in [0.15, 0.2) is 62.9 Å². The number of rotatable bonds is 3. The first-order valence-electron chi connectivity index (χ1n) is 9.54. The third-order valence-electron chi connectivity index (χ3n) is 5.10. The molecular weight excluding hydrogens is 398 g/mol. The molecule has 0 atom stereocenters. The van der Waals surface area contributed by atoms with Gasteiger partial charge in [0.1, 0.15) is 0 Å². The van der Waals surface area contributed by atoms with Crippen molar-refractivity contribution in [2.24, 2.45) is 11.4 Å². The zero-order chi connectivity index (χ0) is 21.6. The number of allylic oxidation sites excluding steroid dienone is 1. The van der Waals surface area contributed by atoms with Crippen molar-refractivity contribution in [2.45, 2.75) is 13.3 Å². The van der Waals surface area contributed by atoms with E-state index in [1.165, 1.54) is 6.07 Å². The molecule has 0 fully saturated rings. The zero-order valence-corrected chi connectivity index (χ0v) is 18.2. The Bertz CT molecular complexity index is 1440. The van der Waals surface area contributed by atoms with Crippen molar-refractivity contribution in [1.82, 2.24) is 9.13 Å². The van der Waals surface area contributed by atoms with E-state index >= 15 is 0 Å². The average molecular weight is 422 g/mol. The fourth-order valence-electron chi connectivity index (χ4n) is 3.73. The molecular formula is C23H23N3O3S. The minimum Gasteiger partial charge on any atom is -0.323 e. The molecule has 0 saturated carbocycles. The maximum absolute atomic E-state index is 12.6. The van der Waals surface area contributed by atoms with Crippen LogP contribution in [0.5, 0.6) is 0 Å². The van der Waals surface area contributed by atoms with Crippen molar-refractivity contribution in [1.29, 1.82) is 0 Å². The van der Waals surface area contributed by atoms with E-state index in [1.54, 1.807) is 43.4 Å². The van der Waals surface area contributed by atoms with Gasteiger partial charge in [0.05, 0.1) is 11.4 Å². The molecule has 0 radical (unpaired) electrons. The van der Waals surface area contributed by atoms with Crippen molar-refractivity contribution < 1.29 is 4.21 Å². The maximum atomic E-state index is 12.6. The van der Waals surface area contributed by atoms with Gasteiger partial charge in [0.25, 0.3) is 5.56 Å². The first-order chi connectivity index (χ1) is 14.1. The molecule has 1 aliphatic rings. The highest BCUT2D eigenvalue weighted by molar-refractivity contribution is 7.92. The van der Waals surface area contributed by atoms with E-state index in [4.69, 9.17) is 0 Å². The quantitative estimate of drug-likeness (QED) is 0.650. The van der Waals surface area contributed by atoms with Gasteiger partial charge in [-0.1, -0.05) is 12.2 Å². The maximum Gasteiger partial charge on any atom is 0.254 e. The third-order valence-corrected chi connectivity index (χ3v) is 5.76. The molecule has 154 valence electrons. The molecule has 7 heteroatoms. The molecule has 1 aromatic carbocycles. The number of fused-ring (bicyclic) bond motifs is 1. The predicted molar refractivity (Wildman–Crippen MR) is 122 cm³/mol. The smallest absolute Gasteiger partial charge is 0.254 e. The first kappa shape index (κ1) is 20.1. The van der Waals surface area contributed by atoms with Crippen molar-refractivity contribution in [3.63, 3.8) is 0 Å². The molecule has 4 rings (SSSR count). The van der Waals surface area contributed by atoms with Crippen LogP contribution in [-0.2, 0) is 23.2 Å². The summed E-state index contributed by atoms with van der Waals surface area (Å²) in [5.74, 6) is 0. The largest absolute Gasteiger partial charge is 0.323 e. The van der Waals surface area contributed by atoms with Gasteiger partial charge in [-0.2, -0.15) is 4.36 Å². The van der Waals surface area contributed by atoms with Gasteiger partial charge in [-0.15, -0.1) is 0 Å². The summed E-state index contributed by atoms with van der Waals surface area (Å²) in [5, 5.41) is 0. The number of aryl methyl sites for hydroxylation is 2. The van der Waals surface area contributed by atoms with Crippen LogP contribution in [0.1, 0.15) is 16.7 Å². The molecule has 0 aliphatic heterocycles. The molecule has 2 aromatic heterocycles. The van der Waals surface area contributed by atoms with Gasteiger partial charge in [0.15, 0.2) is 5.43 Å². The van der Waals surface area contributed by atoms with E-state index in [2.05, 4.69) is 4.36 Å². The normalized spacial score (nSPS) is 12.8. The Balaban J connectivity index is 2.07. The van der Waals surface area contributed by atoms with E-state index in [0.717, 1.165) is 27.9 Å². The highest BCUT2D eigenvalue weighted by Crippen LogP contribution is 2.36. The molecule has 0 bridgehead atoms. The summed E-state index contributed by atoms with van der Waals surface area (Å²) < 4.78 is 20.1. The molecule has 1 aliphatic carbocycles. The van der Waals surface area contributed by atoms with Crippen LogP contribution in [0.25, 0.3) is 22.9 Å². The lowest BCUT2D eigenvalue weighted by molar-refractivity contribution is 0.684. The SMILES string of the molecule is Cc1cn(-c2ccc(N=S(C)(C)=O)cc2-c2cn(C)c(=O)c3c2C=CC3)ccc1=O. The Hall–Kier alpha value is -3.19. The summed E-state index contributed by atoms with van der Waals surface area (Å²) in [6.45, 7) is 1.78. The molecule has 0 unspecified atom stereocenters. The summed E-state index contributed by atoms with van der Waals surface area (Å²) in [6.07, 6.45) is 13.1. The lowest BCUT2D eigenvalue weighted by atomic mass is 9.97. The van der Waals surface area contributed by atoms with E-state index in [9.17, 15) is 13.8 Å². The second-order valence-electron chi connectivity index (χ2n) is 7.83. The first-order valence-corrected chi connectivity index (χ1v) is 11.9. The summed E-state index contributed by atoms with van der Waals surface area (Å²) in [6, 6.07) is 7.14. The minimum atomic E-state index is -2.33. The average Bonchev–Trinajstić information content (AvgIpc) is 3.16. The fraction of sp³-hybridized carbons (Fsp3) is 0.217. The highest BCUT2D eigenvalue weighted by Gasteiger charge is 2.19. The standard InChI is InChI=1S/C23H23N3O3S/c1-15-13-26(11-10-22(15)27)21-9-8-16(24-30(3,4)29)12-19(21)20-14-25(2)23(28)18-7-5-6-17(18)20/h5-6,8-14H,7H2,1-4H3. The van der Waals surface area contributed by atoms with Gasteiger partial charge < -0.3 is 9.13 Å². The van der Waals surface area contributed by atoms with Crippen LogP contribution in [0.4, 0.5) is 5.69 Å². The number of hydrogen-bond donors (Lipinski definition) is 0. The Morgan fingerprint density at radius 1 is 1.07 bits per heavy atom. The monoisotopic (exact) mass is 421 g/mol.